The van der Waals surface area contributed by atoms with Gasteiger partial charge in [-0.1, -0.05) is 18.2 Å². The van der Waals surface area contributed by atoms with Gasteiger partial charge in [0.1, 0.15) is 23.4 Å². The van der Waals surface area contributed by atoms with Crippen molar-refractivity contribution < 1.29 is 28.2 Å². The van der Waals surface area contributed by atoms with E-state index in [-0.39, 0.29) is 24.2 Å². The van der Waals surface area contributed by atoms with Crippen molar-refractivity contribution in [1.29, 1.82) is 0 Å². The molecule has 2 aromatic carbocycles. The first-order valence-electron chi connectivity index (χ1n) is 22.2. The maximum absolute atomic E-state index is 13.1. The highest BCUT2D eigenvalue weighted by molar-refractivity contribution is 5.99. The molecule has 1 saturated heterocycles. The number of nitrogens with one attached hydrogen (secondary N) is 1. The Bertz CT molecular complexity index is 2810. The van der Waals surface area contributed by atoms with E-state index in [4.69, 9.17) is 40.9 Å². The third-order valence-corrected chi connectivity index (χ3v) is 11.6. The molecule has 0 saturated carbocycles. The number of benzene rings is 2. The fraction of sp³-hybridized carbons (Fsp3) is 0.378. The lowest BCUT2D eigenvalue weighted by atomic mass is 9.97. The van der Waals surface area contributed by atoms with Crippen molar-refractivity contribution >= 4 is 57.7 Å². The van der Waals surface area contributed by atoms with E-state index in [1.54, 1.807) is 18.5 Å². The number of fused-ring (bicyclic) bond motifs is 3. The highest BCUT2D eigenvalue weighted by atomic mass is 16.5. The van der Waals surface area contributed by atoms with Crippen molar-refractivity contribution in [3.05, 3.63) is 95.3 Å². The van der Waals surface area contributed by atoms with Gasteiger partial charge in [-0.05, 0) is 41.3 Å². The number of hydrogen-bond acceptors (Lipinski definition) is 19. The van der Waals surface area contributed by atoms with Gasteiger partial charge in [-0.25, -0.2) is 34.6 Å². The number of nitrogen functional groups attached to an aromatic ring is 2. The van der Waals surface area contributed by atoms with Gasteiger partial charge in [-0.2, -0.15) is 10.1 Å². The van der Waals surface area contributed by atoms with E-state index in [2.05, 4.69) is 68.2 Å². The Kier molecular flexibility index (Phi) is 13.9. The van der Waals surface area contributed by atoms with Gasteiger partial charge in [0, 0.05) is 88.3 Å². The molecule has 0 radical (unpaired) electrons. The molecule has 7 N–H and O–H groups in total. The number of nitrogens with zero attached hydrogens (tertiary/aromatic N) is 12. The van der Waals surface area contributed by atoms with Gasteiger partial charge in [0.05, 0.1) is 63.6 Å². The fourth-order valence-electron chi connectivity index (χ4n) is 8.05. The van der Waals surface area contributed by atoms with Crippen molar-refractivity contribution in [2.24, 2.45) is 5.73 Å². The lowest BCUT2D eigenvalue weighted by Gasteiger charge is -2.34. The van der Waals surface area contributed by atoms with Crippen molar-refractivity contribution in [3.63, 3.8) is 0 Å². The Morgan fingerprint density at radius 3 is 2.18 bits per heavy atom. The normalized spacial score (nSPS) is 14.0. The van der Waals surface area contributed by atoms with Crippen LogP contribution in [0.5, 0.6) is 0 Å². The first-order valence-corrected chi connectivity index (χ1v) is 22.2. The summed E-state index contributed by atoms with van der Waals surface area (Å²) in [5, 5.41) is 8.41. The van der Waals surface area contributed by atoms with Gasteiger partial charge < -0.3 is 55.8 Å². The van der Waals surface area contributed by atoms with Gasteiger partial charge in [-0.15, -0.1) is 0 Å². The van der Waals surface area contributed by atoms with Crippen LogP contribution in [0.2, 0.25) is 0 Å². The zero-order valence-electron chi connectivity index (χ0n) is 36.9. The summed E-state index contributed by atoms with van der Waals surface area (Å²) in [4.78, 5) is 62.4. The van der Waals surface area contributed by atoms with E-state index in [0.717, 1.165) is 41.8 Å². The number of piperazine rings is 1. The molecular weight excluding hydrogens is 861 g/mol. The Morgan fingerprint density at radius 1 is 0.746 bits per heavy atom. The summed E-state index contributed by atoms with van der Waals surface area (Å²) in [7, 11) is 0. The predicted molar refractivity (Wildman–Crippen MR) is 248 cm³/mol. The van der Waals surface area contributed by atoms with Crippen LogP contribution in [-0.4, -0.2) is 140 Å². The second-order valence-corrected chi connectivity index (χ2v) is 16.1. The molecule has 22 nitrogen and oxygen atoms in total. The quantitative estimate of drug-likeness (QED) is 0.0844. The number of ether oxygens (including phenoxy) is 3. The van der Waals surface area contributed by atoms with Crippen molar-refractivity contribution in [2.75, 3.05) is 100 Å². The number of amides is 2. The zero-order chi connectivity index (χ0) is 46.1. The number of hydrogen-bond donors (Lipinski definition) is 4. The fourth-order valence-corrected chi connectivity index (χ4v) is 8.05. The molecule has 22 heteroatoms. The number of aromatic nitrogens is 9. The van der Waals surface area contributed by atoms with Gasteiger partial charge >= 0.3 is 0 Å². The molecular formula is C45H52N16O6. The molecule has 1 fully saturated rings. The Labute approximate surface area is 384 Å². The summed E-state index contributed by atoms with van der Waals surface area (Å²) < 4.78 is 24.2. The number of nitrogens with two attached hydrogens (primary N) is 3. The van der Waals surface area contributed by atoms with Crippen LogP contribution in [0.4, 0.5) is 23.7 Å². The Hall–Kier alpha value is -7.40. The minimum Gasteiger partial charge on any atom is -0.424 e. The first-order chi connectivity index (χ1) is 32.8. The molecule has 348 valence electrons. The monoisotopic (exact) mass is 912 g/mol. The minimum absolute atomic E-state index is 0.0483. The molecule has 0 atom stereocenters. The Balaban J connectivity index is 0.628. The number of carbonyl (C=O) groups is 2. The second-order valence-electron chi connectivity index (χ2n) is 16.1. The maximum Gasteiger partial charge on any atom is 0.292 e. The lowest BCUT2D eigenvalue weighted by Crippen LogP contribution is -2.47. The molecule has 7 aromatic rings. The van der Waals surface area contributed by atoms with Crippen molar-refractivity contribution in [2.45, 2.75) is 32.5 Å². The predicted octanol–water partition coefficient (Wildman–Crippen LogP) is 1.97. The van der Waals surface area contributed by atoms with E-state index < -0.39 is 0 Å². The van der Waals surface area contributed by atoms with Crippen LogP contribution in [0.1, 0.15) is 39.0 Å². The molecule has 2 aliphatic heterocycles. The summed E-state index contributed by atoms with van der Waals surface area (Å²) >= 11 is 0. The average molecular weight is 913 g/mol. The molecule has 0 aliphatic carbocycles. The SMILES string of the molecule is NCc1cnc(N2CCN(c3ncc(C(=O)NCCOCCOCCOCCC(=O)N4CCc5cc(Cn6nc(-c7ccc8oc(N)nc8c7)c7c(N)ncnc76)ccc5C4)cn3)CC2)nc1. The standard InChI is InChI=1S/C45H52N16O6/c46-21-30-22-50-44(51-23-30)58-9-11-59(12-10-58)45-52-24-34(25-53-45)42(63)49-7-14-65-16-18-66-17-15-64-13-6-37(62)60-8-5-31-19-29(1-2-33(31)27-60)26-61-41-38(40(47)54-28-55-41)39(57-61)32-3-4-36-35(20-32)56-43(48)67-36/h1-4,19-20,22-25,28H,5-18,21,26-27,46H2,(H2,48,56)(H,49,63)(H2,47,54,55). The van der Waals surface area contributed by atoms with E-state index in [1.807, 2.05) is 21.7 Å². The summed E-state index contributed by atoms with van der Waals surface area (Å²) in [6, 6.07) is 12.0. The van der Waals surface area contributed by atoms with Gasteiger partial charge in [0.25, 0.3) is 11.9 Å². The van der Waals surface area contributed by atoms with Crippen LogP contribution >= 0.6 is 0 Å². The van der Waals surface area contributed by atoms with Crippen LogP contribution in [-0.2, 0) is 45.1 Å². The molecule has 0 spiro atoms. The van der Waals surface area contributed by atoms with Crippen LogP contribution in [0.15, 0.2) is 71.9 Å². The van der Waals surface area contributed by atoms with Gasteiger partial charge in [0.15, 0.2) is 11.2 Å². The second kappa shape index (κ2) is 20.8. The van der Waals surface area contributed by atoms with Crippen LogP contribution in [0.25, 0.3) is 33.4 Å². The minimum atomic E-state index is -0.273. The number of rotatable bonds is 19. The van der Waals surface area contributed by atoms with E-state index in [9.17, 15) is 9.59 Å². The van der Waals surface area contributed by atoms with Gasteiger partial charge in [0.2, 0.25) is 17.8 Å². The van der Waals surface area contributed by atoms with Crippen LogP contribution < -0.4 is 32.3 Å². The maximum atomic E-state index is 13.1. The highest BCUT2D eigenvalue weighted by Gasteiger charge is 2.24. The molecule has 5 aromatic heterocycles. The third kappa shape index (κ3) is 10.7. The molecule has 2 aliphatic rings. The number of oxazole rings is 1. The highest BCUT2D eigenvalue weighted by Crippen LogP contribution is 2.33. The number of carbonyl (C=O) groups excluding carboxylic acids is 2. The zero-order valence-corrected chi connectivity index (χ0v) is 36.9. The lowest BCUT2D eigenvalue weighted by molar-refractivity contribution is -0.133. The summed E-state index contributed by atoms with van der Waals surface area (Å²) in [6.45, 7) is 7.35. The first kappa shape index (κ1) is 44.8. The summed E-state index contributed by atoms with van der Waals surface area (Å²) in [5.74, 6) is 1.36. The topological polar surface area (TPSA) is 283 Å². The molecule has 9 rings (SSSR count). The third-order valence-electron chi connectivity index (χ3n) is 11.6. The molecule has 2 amide bonds. The average Bonchev–Trinajstić information content (AvgIpc) is 3.93. The molecule has 0 unspecified atom stereocenters. The van der Waals surface area contributed by atoms with E-state index in [1.165, 1.54) is 24.3 Å². The summed E-state index contributed by atoms with van der Waals surface area (Å²) in [6.07, 6.45) is 9.03. The molecule has 7 heterocycles. The smallest absolute Gasteiger partial charge is 0.292 e. The van der Waals surface area contributed by atoms with Crippen LogP contribution in [0, 0.1) is 0 Å². The summed E-state index contributed by atoms with van der Waals surface area (Å²) in [5.41, 5.74) is 25.6. The van der Waals surface area contributed by atoms with Crippen molar-refractivity contribution in [3.8, 4) is 11.3 Å². The molecule has 67 heavy (non-hydrogen) atoms. The van der Waals surface area contributed by atoms with Crippen LogP contribution in [0.3, 0.4) is 0 Å². The molecule has 0 bridgehead atoms. The number of anilines is 4. The Morgan fingerprint density at radius 2 is 1.45 bits per heavy atom. The van der Waals surface area contributed by atoms with E-state index >= 15 is 0 Å². The van der Waals surface area contributed by atoms with Gasteiger partial charge in [-0.3, -0.25) is 9.59 Å². The largest absolute Gasteiger partial charge is 0.424 e. The van der Waals surface area contributed by atoms with Crippen molar-refractivity contribution in [1.82, 2.24) is 54.9 Å². The van der Waals surface area contributed by atoms with E-state index in [0.29, 0.717) is 137 Å².